The Balaban J connectivity index is 1.99. The van der Waals surface area contributed by atoms with Crippen LogP contribution >= 0.6 is 0 Å². The average Bonchev–Trinajstić information content (AvgIpc) is 2.42. The lowest BCUT2D eigenvalue weighted by molar-refractivity contribution is -0.131. The molecule has 1 aliphatic rings. The summed E-state index contributed by atoms with van der Waals surface area (Å²) in [6.45, 7) is 5.26. The molecule has 3 heteroatoms. The minimum absolute atomic E-state index is 0.00436. The van der Waals surface area contributed by atoms with E-state index in [1.165, 1.54) is 16.7 Å². The highest BCUT2D eigenvalue weighted by atomic mass is 16.2. The molecule has 2 unspecified atom stereocenters. The van der Waals surface area contributed by atoms with Crippen LogP contribution in [0.15, 0.2) is 18.2 Å². The Morgan fingerprint density at radius 2 is 2.05 bits per heavy atom. The molecule has 20 heavy (non-hydrogen) atoms. The third kappa shape index (κ3) is 3.60. The van der Waals surface area contributed by atoms with Crippen molar-refractivity contribution in [1.29, 1.82) is 0 Å². The van der Waals surface area contributed by atoms with Gasteiger partial charge in [0.25, 0.3) is 0 Å². The first-order chi connectivity index (χ1) is 9.47. The van der Waals surface area contributed by atoms with Crippen molar-refractivity contribution in [3.05, 3.63) is 34.9 Å². The lowest BCUT2D eigenvalue weighted by Crippen LogP contribution is -2.48. The summed E-state index contributed by atoms with van der Waals surface area (Å²) >= 11 is 0. The zero-order valence-electron chi connectivity index (χ0n) is 13.1. The van der Waals surface area contributed by atoms with Crippen molar-refractivity contribution in [3.63, 3.8) is 0 Å². The van der Waals surface area contributed by atoms with Crippen LogP contribution in [0.5, 0.6) is 0 Å². The summed E-state index contributed by atoms with van der Waals surface area (Å²) in [5.74, 6) is 0.807. The predicted molar refractivity (Wildman–Crippen MR) is 82.8 cm³/mol. The number of likely N-dealkylation sites (N-methyl/N-ethyl adjacent to an activating group) is 1. The molecule has 1 fully saturated rings. The Hall–Kier alpha value is -1.35. The average molecular weight is 274 g/mol. The molecule has 0 bridgehead atoms. The van der Waals surface area contributed by atoms with Gasteiger partial charge in [0.1, 0.15) is 0 Å². The zero-order chi connectivity index (χ0) is 14.7. The molecule has 1 aromatic rings. The molecule has 0 saturated carbocycles. The van der Waals surface area contributed by atoms with Crippen LogP contribution < -0.4 is 5.32 Å². The Labute approximate surface area is 122 Å². The van der Waals surface area contributed by atoms with Gasteiger partial charge < -0.3 is 10.2 Å². The van der Waals surface area contributed by atoms with Crippen LogP contribution in [-0.4, -0.2) is 37.5 Å². The monoisotopic (exact) mass is 274 g/mol. The number of carbonyl (C=O) groups is 1. The number of amides is 1. The summed E-state index contributed by atoms with van der Waals surface area (Å²) in [5, 5.41) is 3.35. The Morgan fingerprint density at radius 3 is 2.70 bits per heavy atom. The van der Waals surface area contributed by atoms with Crippen LogP contribution in [0.25, 0.3) is 0 Å². The fourth-order valence-corrected chi connectivity index (χ4v) is 2.95. The molecule has 1 aliphatic heterocycles. The number of piperidine rings is 1. The number of aryl methyl sites for hydroxylation is 2. The molecule has 2 rings (SSSR count). The van der Waals surface area contributed by atoms with Gasteiger partial charge in [-0.15, -0.1) is 0 Å². The van der Waals surface area contributed by atoms with Crippen LogP contribution in [0, 0.1) is 19.8 Å². The van der Waals surface area contributed by atoms with Gasteiger partial charge in [-0.1, -0.05) is 18.2 Å². The molecule has 3 nitrogen and oxygen atoms in total. The molecule has 2 atom stereocenters. The fraction of sp³-hybridized carbons (Fsp3) is 0.588. The van der Waals surface area contributed by atoms with Gasteiger partial charge in [0, 0.05) is 14.1 Å². The normalized spacial score (nSPS) is 22.6. The number of benzene rings is 1. The first kappa shape index (κ1) is 15.0. The molecule has 1 aromatic carbocycles. The van der Waals surface area contributed by atoms with Gasteiger partial charge in [0.15, 0.2) is 0 Å². The zero-order valence-corrected chi connectivity index (χ0v) is 13.1. The van der Waals surface area contributed by atoms with E-state index in [0.29, 0.717) is 5.92 Å². The second-order valence-corrected chi connectivity index (χ2v) is 6.25. The fourth-order valence-electron chi connectivity index (χ4n) is 2.95. The van der Waals surface area contributed by atoms with E-state index < -0.39 is 0 Å². The molecular weight excluding hydrogens is 248 g/mol. The smallest absolute Gasteiger partial charge is 0.239 e. The van der Waals surface area contributed by atoms with Crippen LogP contribution in [-0.2, 0) is 11.2 Å². The lowest BCUT2D eigenvalue weighted by atomic mass is 9.86. The topological polar surface area (TPSA) is 32.3 Å². The molecule has 1 amide bonds. The maximum absolute atomic E-state index is 12.1. The van der Waals surface area contributed by atoms with Gasteiger partial charge in [-0.05, 0) is 62.3 Å². The number of hydrogen-bond acceptors (Lipinski definition) is 2. The SMILES string of the molecule is Cc1ccc(CC2CCNC(C(=O)N(C)C)C2)cc1C. The van der Waals surface area contributed by atoms with Crippen molar-refractivity contribution in [1.82, 2.24) is 10.2 Å². The maximum atomic E-state index is 12.1. The maximum Gasteiger partial charge on any atom is 0.239 e. The molecular formula is C17H26N2O. The molecule has 1 heterocycles. The van der Waals surface area contributed by atoms with E-state index in [2.05, 4.69) is 37.4 Å². The van der Waals surface area contributed by atoms with E-state index in [1.54, 1.807) is 4.90 Å². The van der Waals surface area contributed by atoms with Crippen molar-refractivity contribution in [2.45, 2.75) is 39.2 Å². The number of hydrogen-bond donors (Lipinski definition) is 1. The van der Waals surface area contributed by atoms with Gasteiger partial charge in [0.05, 0.1) is 6.04 Å². The summed E-state index contributed by atoms with van der Waals surface area (Å²) in [4.78, 5) is 13.7. The largest absolute Gasteiger partial charge is 0.347 e. The molecule has 0 aliphatic carbocycles. The van der Waals surface area contributed by atoms with Gasteiger partial charge in [-0.25, -0.2) is 0 Å². The Morgan fingerprint density at radius 1 is 1.30 bits per heavy atom. The van der Waals surface area contributed by atoms with Crippen LogP contribution in [0.1, 0.15) is 29.5 Å². The highest BCUT2D eigenvalue weighted by Gasteiger charge is 2.27. The molecule has 0 spiro atoms. The van der Waals surface area contributed by atoms with Crippen molar-refractivity contribution < 1.29 is 4.79 Å². The van der Waals surface area contributed by atoms with Crippen LogP contribution in [0.3, 0.4) is 0 Å². The van der Waals surface area contributed by atoms with Crippen molar-refractivity contribution in [2.75, 3.05) is 20.6 Å². The third-order valence-electron chi connectivity index (χ3n) is 4.35. The minimum Gasteiger partial charge on any atom is -0.347 e. The van der Waals surface area contributed by atoms with Crippen molar-refractivity contribution in [3.8, 4) is 0 Å². The highest BCUT2D eigenvalue weighted by molar-refractivity contribution is 5.81. The summed E-state index contributed by atoms with van der Waals surface area (Å²) in [5.41, 5.74) is 4.10. The second-order valence-electron chi connectivity index (χ2n) is 6.25. The van der Waals surface area contributed by atoms with E-state index >= 15 is 0 Å². The number of rotatable bonds is 3. The Kier molecular flexibility index (Phi) is 4.81. The number of nitrogens with zero attached hydrogens (tertiary/aromatic N) is 1. The van der Waals surface area contributed by atoms with E-state index in [-0.39, 0.29) is 11.9 Å². The van der Waals surface area contributed by atoms with E-state index in [9.17, 15) is 4.79 Å². The standard InChI is InChI=1S/C17H26N2O/c1-12-5-6-14(9-13(12)2)10-15-7-8-18-16(11-15)17(20)19(3)4/h5-6,9,15-16,18H,7-8,10-11H2,1-4H3. The van der Waals surface area contributed by atoms with E-state index in [4.69, 9.17) is 0 Å². The first-order valence-electron chi connectivity index (χ1n) is 7.48. The van der Waals surface area contributed by atoms with Crippen LogP contribution in [0.2, 0.25) is 0 Å². The quantitative estimate of drug-likeness (QED) is 0.917. The highest BCUT2D eigenvalue weighted by Crippen LogP contribution is 2.23. The van der Waals surface area contributed by atoms with Crippen molar-refractivity contribution in [2.24, 2.45) is 5.92 Å². The molecule has 1 saturated heterocycles. The van der Waals surface area contributed by atoms with Crippen LogP contribution in [0.4, 0.5) is 0 Å². The number of nitrogens with one attached hydrogen (secondary N) is 1. The summed E-state index contributed by atoms with van der Waals surface area (Å²) in [6.07, 6.45) is 3.19. The van der Waals surface area contributed by atoms with E-state index in [0.717, 1.165) is 25.8 Å². The number of carbonyl (C=O) groups excluding carboxylic acids is 1. The second kappa shape index (κ2) is 6.40. The summed E-state index contributed by atoms with van der Waals surface area (Å²) in [7, 11) is 3.66. The predicted octanol–water partition coefficient (Wildman–Crippen LogP) is 2.30. The molecule has 0 aromatic heterocycles. The molecule has 0 radical (unpaired) electrons. The summed E-state index contributed by atoms with van der Waals surface area (Å²) in [6, 6.07) is 6.72. The van der Waals surface area contributed by atoms with E-state index in [1.807, 2.05) is 14.1 Å². The van der Waals surface area contributed by atoms with Gasteiger partial charge >= 0.3 is 0 Å². The van der Waals surface area contributed by atoms with Gasteiger partial charge in [-0.2, -0.15) is 0 Å². The summed E-state index contributed by atoms with van der Waals surface area (Å²) < 4.78 is 0. The first-order valence-corrected chi connectivity index (χ1v) is 7.48. The molecule has 110 valence electrons. The molecule has 1 N–H and O–H groups in total. The van der Waals surface area contributed by atoms with Gasteiger partial charge in [-0.3, -0.25) is 4.79 Å². The van der Waals surface area contributed by atoms with Crippen molar-refractivity contribution >= 4 is 5.91 Å². The minimum atomic E-state index is -0.00436. The Bertz CT molecular complexity index is 482. The lowest BCUT2D eigenvalue weighted by Gasteiger charge is -2.31. The third-order valence-corrected chi connectivity index (χ3v) is 4.35. The van der Waals surface area contributed by atoms with Gasteiger partial charge in [0.2, 0.25) is 5.91 Å².